The Morgan fingerprint density at radius 2 is 1.91 bits per heavy atom. The molecule has 0 aromatic heterocycles. The lowest BCUT2D eigenvalue weighted by Gasteiger charge is -2.18. The molecular weight excluding hydrogens is 300 g/mol. The van der Waals surface area contributed by atoms with E-state index in [4.69, 9.17) is 0 Å². The molecule has 0 fully saturated rings. The zero-order chi connectivity index (χ0) is 16.4. The van der Waals surface area contributed by atoms with Crippen molar-refractivity contribution in [2.24, 2.45) is 4.99 Å². The Hall–Kier alpha value is -1.60. The van der Waals surface area contributed by atoms with Gasteiger partial charge >= 0.3 is 0 Å². The van der Waals surface area contributed by atoms with Gasteiger partial charge in [0, 0.05) is 20.1 Å². The maximum Gasteiger partial charge on any atom is 0.211 e. The molecule has 0 heterocycles. The zero-order valence-electron chi connectivity index (χ0n) is 13.5. The maximum atomic E-state index is 11.3. The van der Waals surface area contributed by atoms with E-state index in [1.165, 1.54) is 5.56 Å². The van der Waals surface area contributed by atoms with E-state index >= 15 is 0 Å². The first kappa shape index (κ1) is 18.4. The van der Waals surface area contributed by atoms with Crippen molar-refractivity contribution in [3.63, 3.8) is 0 Å². The van der Waals surface area contributed by atoms with Crippen LogP contribution in [0.1, 0.15) is 31.9 Å². The monoisotopic (exact) mass is 326 g/mol. The lowest BCUT2D eigenvalue weighted by molar-refractivity contribution is 0.579. The summed E-state index contributed by atoms with van der Waals surface area (Å²) >= 11 is 0. The predicted molar refractivity (Wildman–Crippen MR) is 91.4 cm³/mol. The highest BCUT2D eigenvalue weighted by molar-refractivity contribution is 7.89. The third-order valence-corrected chi connectivity index (χ3v) is 4.63. The first-order chi connectivity index (χ1) is 10.5. The number of nitrogens with one attached hydrogen (secondary N) is 3. The van der Waals surface area contributed by atoms with Crippen LogP contribution in [-0.4, -0.2) is 40.3 Å². The third kappa shape index (κ3) is 6.91. The van der Waals surface area contributed by atoms with E-state index in [0.717, 1.165) is 0 Å². The molecule has 1 aromatic rings. The molecule has 3 N–H and O–H groups in total. The second kappa shape index (κ2) is 9.42. The van der Waals surface area contributed by atoms with Crippen LogP contribution in [-0.2, 0) is 10.0 Å². The number of guanidine groups is 1. The van der Waals surface area contributed by atoms with Gasteiger partial charge in [-0.25, -0.2) is 13.1 Å². The van der Waals surface area contributed by atoms with E-state index in [9.17, 15) is 8.42 Å². The van der Waals surface area contributed by atoms with Gasteiger partial charge in [-0.3, -0.25) is 4.99 Å². The molecule has 1 rings (SSSR count). The fourth-order valence-corrected chi connectivity index (χ4v) is 2.51. The van der Waals surface area contributed by atoms with Gasteiger partial charge in [0.2, 0.25) is 10.0 Å². The molecule has 0 aliphatic carbocycles. The van der Waals surface area contributed by atoms with Crippen LogP contribution >= 0.6 is 0 Å². The number of hydrogen-bond acceptors (Lipinski definition) is 3. The van der Waals surface area contributed by atoms with Gasteiger partial charge in [0.1, 0.15) is 0 Å². The first-order valence-corrected chi connectivity index (χ1v) is 9.13. The number of nitrogens with zero attached hydrogens (tertiary/aromatic N) is 1. The largest absolute Gasteiger partial charge is 0.356 e. The standard InChI is InChI=1S/C15H26N4O2S/c1-4-22(20,21)18-12-8-11-17-15(16-3)19-13(2)14-9-6-5-7-10-14/h5-7,9-10,13,18H,4,8,11-12H2,1-3H3,(H2,16,17,19). The molecule has 0 spiro atoms. The lowest BCUT2D eigenvalue weighted by Crippen LogP contribution is -2.40. The summed E-state index contributed by atoms with van der Waals surface area (Å²) in [5.74, 6) is 0.813. The van der Waals surface area contributed by atoms with Gasteiger partial charge < -0.3 is 10.6 Å². The Bertz CT molecular complexity index is 558. The van der Waals surface area contributed by atoms with Crippen LogP contribution in [0.2, 0.25) is 0 Å². The minimum absolute atomic E-state index is 0.109. The smallest absolute Gasteiger partial charge is 0.211 e. The Morgan fingerprint density at radius 1 is 1.23 bits per heavy atom. The highest BCUT2D eigenvalue weighted by atomic mass is 32.2. The summed E-state index contributed by atoms with van der Waals surface area (Å²) < 4.78 is 25.1. The molecular formula is C15H26N4O2S. The highest BCUT2D eigenvalue weighted by Crippen LogP contribution is 2.10. The molecule has 7 heteroatoms. The lowest BCUT2D eigenvalue weighted by atomic mass is 10.1. The molecule has 0 radical (unpaired) electrons. The summed E-state index contributed by atoms with van der Waals surface area (Å²) in [6.07, 6.45) is 0.694. The van der Waals surface area contributed by atoms with Gasteiger partial charge in [-0.15, -0.1) is 0 Å². The predicted octanol–water partition coefficient (Wildman–Crippen LogP) is 1.24. The second-order valence-electron chi connectivity index (χ2n) is 4.93. The molecule has 0 saturated carbocycles. The van der Waals surface area contributed by atoms with Gasteiger partial charge in [-0.2, -0.15) is 0 Å². The van der Waals surface area contributed by atoms with E-state index in [1.54, 1.807) is 14.0 Å². The van der Waals surface area contributed by atoms with Gasteiger partial charge in [0.15, 0.2) is 5.96 Å². The number of rotatable bonds is 8. The Morgan fingerprint density at radius 3 is 2.50 bits per heavy atom. The maximum absolute atomic E-state index is 11.3. The highest BCUT2D eigenvalue weighted by Gasteiger charge is 2.07. The summed E-state index contributed by atoms with van der Waals surface area (Å²) in [5, 5.41) is 6.48. The Kier molecular flexibility index (Phi) is 7.90. The van der Waals surface area contributed by atoms with E-state index in [0.29, 0.717) is 25.5 Å². The van der Waals surface area contributed by atoms with Crippen molar-refractivity contribution >= 4 is 16.0 Å². The topological polar surface area (TPSA) is 82.6 Å². The Labute approximate surface area is 133 Å². The molecule has 1 aromatic carbocycles. The van der Waals surface area contributed by atoms with Crippen LogP contribution in [0, 0.1) is 0 Å². The molecule has 0 amide bonds. The van der Waals surface area contributed by atoms with Gasteiger partial charge in [0.05, 0.1) is 11.8 Å². The molecule has 0 saturated heterocycles. The van der Waals surface area contributed by atoms with E-state index in [2.05, 4.69) is 39.4 Å². The van der Waals surface area contributed by atoms with Crippen LogP contribution in [0.15, 0.2) is 35.3 Å². The summed E-state index contributed by atoms with van der Waals surface area (Å²) in [4.78, 5) is 4.17. The molecule has 124 valence electrons. The van der Waals surface area contributed by atoms with E-state index in [-0.39, 0.29) is 11.8 Å². The fourth-order valence-electron chi connectivity index (χ4n) is 1.85. The van der Waals surface area contributed by atoms with Crippen LogP contribution in [0.5, 0.6) is 0 Å². The summed E-state index contributed by atoms with van der Waals surface area (Å²) in [7, 11) is -1.39. The van der Waals surface area contributed by atoms with Gasteiger partial charge in [-0.05, 0) is 25.8 Å². The van der Waals surface area contributed by atoms with Crippen molar-refractivity contribution in [1.29, 1.82) is 0 Å². The van der Waals surface area contributed by atoms with Gasteiger partial charge in [0.25, 0.3) is 0 Å². The molecule has 22 heavy (non-hydrogen) atoms. The zero-order valence-corrected chi connectivity index (χ0v) is 14.3. The SMILES string of the molecule is CCS(=O)(=O)NCCCNC(=NC)NC(C)c1ccccc1. The summed E-state index contributed by atoms with van der Waals surface area (Å²) in [6, 6.07) is 10.3. The number of benzene rings is 1. The van der Waals surface area contributed by atoms with Crippen LogP contribution < -0.4 is 15.4 Å². The third-order valence-electron chi connectivity index (χ3n) is 3.22. The number of sulfonamides is 1. The Balaban J connectivity index is 2.32. The second-order valence-corrected chi connectivity index (χ2v) is 7.02. The fraction of sp³-hybridized carbons (Fsp3) is 0.533. The quantitative estimate of drug-likeness (QED) is 0.381. The molecule has 1 atom stereocenters. The van der Waals surface area contributed by atoms with Crippen molar-refractivity contribution in [2.45, 2.75) is 26.3 Å². The van der Waals surface area contributed by atoms with Crippen molar-refractivity contribution in [1.82, 2.24) is 15.4 Å². The van der Waals surface area contributed by atoms with Crippen molar-refractivity contribution in [2.75, 3.05) is 25.9 Å². The van der Waals surface area contributed by atoms with E-state index in [1.807, 2.05) is 18.2 Å². The minimum atomic E-state index is -3.10. The summed E-state index contributed by atoms with van der Waals surface area (Å²) in [5.41, 5.74) is 1.18. The van der Waals surface area contributed by atoms with Gasteiger partial charge in [-0.1, -0.05) is 30.3 Å². The average molecular weight is 326 g/mol. The number of hydrogen-bond donors (Lipinski definition) is 3. The van der Waals surface area contributed by atoms with Crippen molar-refractivity contribution in [3.05, 3.63) is 35.9 Å². The van der Waals surface area contributed by atoms with Crippen LogP contribution in [0.3, 0.4) is 0 Å². The minimum Gasteiger partial charge on any atom is -0.356 e. The molecule has 0 aliphatic heterocycles. The van der Waals surface area contributed by atoms with Crippen LogP contribution in [0.25, 0.3) is 0 Å². The van der Waals surface area contributed by atoms with Crippen LogP contribution in [0.4, 0.5) is 0 Å². The van der Waals surface area contributed by atoms with E-state index < -0.39 is 10.0 Å². The molecule has 6 nitrogen and oxygen atoms in total. The van der Waals surface area contributed by atoms with Crippen molar-refractivity contribution < 1.29 is 8.42 Å². The molecule has 0 bridgehead atoms. The molecule has 1 unspecified atom stereocenters. The molecule has 0 aliphatic rings. The first-order valence-electron chi connectivity index (χ1n) is 7.48. The summed E-state index contributed by atoms with van der Waals surface area (Å²) in [6.45, 7) is 4.76. The number of aliphatic imine (C=N–C) groups is 1. The normalized spacial score (nSPS) is 13.7. The average Bonchev–Trinajstić information content (AvgIpc) is 2.54. The van der Waals surface area contributed by atoms with Crippen molar-refractivity contribution in [3.8, 4) is 0 Å².